The Labute approximate surface area is 147 Å². The first-order valence-electron chi connectivity index (χ1n) is 8.43. The molecule has 0 fully saturated rings. The van der Waals surface area contributed by atoms with Crippen molar-refractivity contribution in [2.24, 2.45) is 0 Å². The van der Waals surface area contributed by atoms with Crippen LogP contribution in [-0.2, 0) is 6.42 Å². The van der Waals surface area contributed by atoms with E-state index in [1.165, 1.54) is 18.4 Å². The lowest BCUT2D eigenvalue weighted by Crippen LogP contribution is -1.94. The molecule has 1 heterocycles. The number of aryl methyl sites for hydroxylation is 1. The number of unbranched alkanes of at least 4 members (excludes halogenated alkanes) is 1. The van der Waals surface area contributed by atoms with Crippen LogP contribution < -0.4 is 0 Å². The molecule has 0 unspecified atom stereocenters. The lowest BCUT2D eigenvalue weighted by Gasteiger charge is -2.11. The van der Waals surface area contributed by atoms with E-state index in [1.807, 2.05) is 6.07 Å². The Kier molecular flexibility index (Phi) is 5.19. The second-order valence-electron chi connectivity index (χ2n) is 5.96. The molecular weight excluding hydrogens is 312 g/mol. The summed E-state index contributed by atoms with van der Waals surface area (Å²) in [5.41, 5.74) is 4.48. The third-order valence-electron chi connectivity index (χ3n) is 4.25. The molecule has 25 heavy (non-hydrogen) atoms. The molecule has 3 aromatic rings. The molecule has 3 rings (SSSR count). The fraction of sp³-hybridized carbons (Fsp3) is 0.190. The van der Waals surface area contributed by atoms with Gasteiger partial charge in [0.25, 0.3) is 0 Å². The van der Waals surface area contributed by atoms with Crippen molar-refractivity contribution in [2.45, 2.75) is 26.2 Å². The zero-order valence-corrected chi connectivity index (χ0v) is 14.1. The van der Waals surface area contributed by atoms with Gasteiger partial charge in [-0.25, -0.2) is 0 Å². The van der Waals surface area contributed by atoms with Crippen LogP contribution in [0.25, 0.3) is 22.4 Å². The minimum atomic E-state index is -0.0705. The third kappa shape index (κ3) is 3.58. The summed E-state index contributed by atoms with van der Waals surface area (Å²) in [7, 11) is 0. The zero-order valence-electron chi connectivity index (χ0n) is 14.1. The monoisotopic (exact) mass is 332 g/mol. The van der Waals surface area contributed by atoms with Crippen molar-refractivity contribution >= 4 is 6.29 Å². The van der Waals surface area contributed by atoms with Crippen LogP contribution in [0.1, 0.15) is 35.7 Å². The Hall–Kier alpha value is -3.01. The number of rotatable bonds is 6. The molecule has 0 spiro atoms. The summed E-state index contributed by atoms with van der Waals surface area (Å²) in [5, 5.41) is 18.5. The van der Waals surface area contributed by atoms with Crippen molar-refractivity contribution in [2.75, 3.05) is 0 Å². The van der Waals surface area contributed by atoms with Crippen LogP contribution in [0.3, 0.4) is 0 Å². The van der Waals surface area contributed by atoms with Crippen LogP contribution in [-0.4, -0.2) is 21.6 Å². The second-order valence-corrected chi connectivity index (χ2v) is 5.96. The van der Waals surface area contributed by atoms with Gasteiger partial charge in [-0.1, -0.05) is 43.7 Å². The number of phenols is 1. The lowest BCUT2D eigenvalue weighted by atomic mass is 9.97. The number of nitrogens with zero attached hydrogens (tertiary/aromatic N) is 2. The maximum absolute atomic E-state index is 11.1. The van der Waals surface area contributed by atoms with Gasteiger partial charge in [-0.2, -0.15) is 5.10 Å². The zero-order chi connectivity index (χ0) is 17.6. The fourth-order valence-electron chi connectivity index (χ4n) is 2.84. The number of carbonyl (C=O) groups excluding carboxylic acids is 1. The van der Waals surface area contributed by atoms with E-state index in [-0.39, 0.29) is 11.3 Å². The molecule has 1 aromatic heterocycles. The van der Waals surface area contributed by atoms with Crippen LogP contribution in [0, 0.1) is 0 Å². The van der Waals surface area contributed by atoms with Crippen molar-refractivity contribution in [1.29, 1.82) is 0 Å². The van der Waals surface area contributed by atoms with E-state index < -0.39 is 0 Å². The van der Waals surface area contributed by atoms with Crippen LogP contribution in [0.5, 0.6) is 5.75 Å². The van der Waals surface area contributed by atoms with E-state index in [2.05, 4.69) is 41.4 Å². The summed E-state index contributed by atoms with van der Waals surface area (Å²) >= 11 is 0. The maximum Gasteiger partial charge on any atom is 0.153 e. The highest BCUT2D eigenvalue weighted by molar-refractivity contribution is 5.89. The predicted molar refractivity (Wildman–Crippen MR) is 98.6 cm³/mol. The molecule has 0 saturated heterocycles. The van der Waals surface area contributed by atoms with Gasteiger partial charge in [0.15, 0.2) is 6.29 Å². The normalized spacial score (nSPS) is 10.6. The number of phenolic OH excluding ortho intramolecular Hbond substituents is 1. The van der Waals surface area contributed by atoms with Gasteiger partial charge in [0.05, 0.1) is 11.8 Å². The van der Waals surface area contributed by atoms with Gasteiger partial charge in [-0.15, -0.1) is 5.10 Å². The molecule has 1 N–H and O–H groups in total. The van der Waals surface area contributed by atoms with E-state index in [1.54, 1.807) is 24.4 Å². The Morgan fingerprint density at radius 2 is 1.84 bits per heavy atom. The van der Waals surface area contributed by atoms with Crippen molar-refractivity contribution in [3.63, 3.8) is 0 Å². The SMILES string of the molecule is CCCCc1ccc(-c2ccnnc2-c2cccc(C=O)c2O)cc1. The minimum absolute atomic E-state index is 0.0705. The molecule has 4 heteroatoms. The molecule has 0 aliphatic carbocycles. The highest BCUT2D eigenvalue weighted by atomic mass is 16.3. The minimum Gasteiger partial charge on any atom is -0.506 e. The number of carbonyl (C=O) groups is 1. The molecule has 0 amide bonds. The number of hydrogen-bond donors (Lipinski definition) is 1. The van der Waals surface area contributed by atoms with Crippen molar-refractivity contribution in [1.82, 2.24) is 10.2 Å². The first-order valence-corrected chi connectivity index (χ1v) is 8.43. The van der Waals surface area contributed by atoms with Crippen LogP contribution in [0.15, 0.2) is 54.7 Å². The predicted octanol–water partition coefficient (Wildman–Crippen LogP) is 4.67. The summed E-state index contributed by atoms with van der Waals surface area (Å²) in [5.74, 6) is -0.0705. The first kappa shape index (κ1) is 16.8. The molecule has 126 valence electrons. The number of aromatic nitrogens is 2. The highest BCUT2D eigenvalue weighted by Crippen LogP contribution is 2.36. The van der Waals surface area contributed by atoms with Gasteiger partial charge < -0.3 is 5.11 Å². The summed E-state index contributed by atoms with van der Waals surface area (Å²) in [4.78, 5) is 11.1. The van der Waals surface area contributed by atoms with Crippen LogP contribution in [0.4, 0.5) is 0 Å². The Morgan fingerprint density at radius 3 is 2.56 bits per heavy atom. The first-order chi connectivity index (χ1) is 12.2. The van der Waals surface area contributed by atoms with E-state index >= 15 is 0 Å². The van der Waals surface area contributed by atoms with Crippen molar-refractivity contribution in [3.05, 3.63) is 65.9 Å². The molecular formula is C21H20N2O2. The topological polar surface area (TPSA) is 63.1 Å². The van der Waals surface area contributed by atoms with Crippen molar-refractivity contribution < 1.29 is 9.90 Å². The molecule has 0 aliphatic rings. The number of aldehydes is 1. The largest absolute Gasteiger partial charge is 0.506 e. The molecule has 0 atom stereocenters. The quantitative estimate of drug-likeness (QED) is 0.666. The van der Waals surface area contributed by atoms with E-state index in [0.717, 1.165) is 17.5 Å². The standard InChI is InChI=1S/C21H20N2O2/c1-2-3-5-15-8-10-16(11-9-15)18-12-13-22-23-20(18)19-7-4-6-17(14-24)21(19)25/h4,6-14,25H,2-3,5H2,1H3. The second kappa shape index (κ2) is 7.71. The van der Waals surface area contributed by atoms with Crippen LogP contribution >= 0.6 is 0 Å². The number of aromatic hydroxyl groups is 1. The van der Waals surface area contributed by atoms with Gasteiger partial charge in [-0.05, 0) is 42.2 Å². The van der Waals surface area contributed by atoms with Crippen molar-refractivity contribution in [3.8, 4) is 28.1 Å². The average molecular weight is 332 g/mol. The van der Waals surface area contributed by atoms with Gasteiger partial charge in [0.1, 0.15) is 11.4 Å². The van der Waals surface area contributed by atoms with Gasteiger partial charge in [0.2, 0.25) is 0 Å². The Morgan fingerprint density at radius 1 is 1.04 bits per heavy atom. The number of benzene rings is 2. The van der Waals surface area contributed by atoms with E-state index in [9.17, 15) is 9.90 Å². The molecule has 4 nitrogen and oxygen atoms in total. The van der Waals surface area contributed by atoms with Gasteiger partial charge in [-0.3, -0.25) is 4.79 Å². The maximum atomic E-state index is 11.1. The van der Waals surface area contributed by atoms with Gasteiger partial charge in [0, 0.05) is 11.1 Å². The smallest absolute Gasteiger partial charge is 0.153 e. The molecule has 0 radical (unpaired) electrons. The van der Waals surface area contributed by atoms with E-state index in [0.29, 0.717) is 17.5 Å². The highest BCUT2D eigenvalue weighted by Gasteiger charge is 2.15. The average Bonchev–Trinajstić information content (AvgIpc) is 2.67. The summed E-state index contributed by atoms with van der Waals surface area (Å²) in [6.07, 6.45) is 5.68. The molecule has 2 aromatic carbocycles. The summed E-state index contributed by atoms with van der Waals surface area (Å²) < 4.78 is 0. The molecule has 0 saturated carbocycles. The Bertz CT molecular complexity index is 873. The van der Waals surface area contributed by atoms with Crippen LogP contribution in [0.2, 0.25) is 0 Å². The molecule has 0 bridgehead atoms. The summed E-state index contributed by atoms with van der Waals surface area (Å²) in [6.45, 7) is 2.18. The third-order valence-corrected chi connectivity index (χ3v) is 4.25. The number of para-hydroxylation sites is 1. The Balaban J connectivity index is 2.04. The van der Waals surface area contributed by atoms with Gasteiger partial charge >= 0.3 is 0 Å². The van der Waals surface area contributed by atoms with E-state index in [4.69, 9.17) is 0 Å². The summed E-state index contributed by atoms with van der Waals surface area (Å²) in [6, 6.07) is 15.3. The fourth-order valence-corrected chi connectivity index (χ4v) is 2.84. The lowest BCUT2D eigenvalue weighted by molar-refractivity contribution is 0.112. The molecule has 0 aliphatic heterocycles. The number of hydrogen-bond acceptors (Lipinski definition) is 4.